The van der Waals surface area contributed by atoms with E-state index in [0.717, 1.165) is 26.1 Å². The van der Waals surface area contributed by atoms with E-state index in [1.165, 1.54) is 12.1 Å². The van der Waals surface area contributed by atoms with Crippen LogP contribution in [0.5, 0.6) is 0 Å². The van der Waals surface area contributed by atoms with Crippen molar-refractivity contribution >= 4 is 0 Å². The van der Waals surface area contributed by atoms with Crippen LogP contribution in [0.25, 0.3) is 0 Å². The van der Waals surface area contributed by atoms with Gasteiger partial charge in [-0.05, 0) is 23.8 Å². The Bertz CT molecular complexity index is 411. The molecular formula is C13H16F3NO. The number of benzene rings is 1. The van der Waals surface area contributed by atoms with Crippen LogP contribution in [-0.4, -0.2) is 31.2 Å². The third-order valence-corrected chi connectivity index (χ3v) is 2.97. The Morgan fingerprint density at radius 2 is 1.89 bits per heavy atom. The maximum Gasteiger partial charge on any atom is 0.270 e. The number of halogens is 3. The zero-order valence-electron chi connectivity index (χ0n) is 10.3. The van der Waals surface area contributed by atoms with Crippen molar-refractivity contribution in [3.05, 3.63) is 35.1 Å². The summed E-state index contributed by atoms with van der Waals surface area (Å²) in [7, 11) is 0. The number of rotatable bonds is 3. The first-order valence-electron chi connectivity index (χ1n) is 5.93. The molecule has 0 amide bonds. The number of hydrogen-bond acceptors (Lipinski definition) is 2. The van der Waals surface area contributed by atoms with Crippen LogP contribution in [0.2, 0.25) is 0 Å². The van der Waals surface area contributed by atoms with E-state index in [2.05, 4.69) is 4.90 Å². The summed E-state index contributed by atoms with van der Waals surface area (Å²) < 4.78 is 44.9. The van der Waals surface area contributed by atoms with Crippen LogP contribution in [0.15, 0.2) is 18.2 Å². The lowest BCUT2D eigenvalue weighted by molar-refractivity contribution is 0.0166. The van der Waals surface area contributed by atoms with Crippen LogP contribution in [0, 0.1) is 5.82 Å². The highest BCUT2D eigenvalue weighted by Crippen LogP contribution is 2.28. The quantitative estimate of drug-likeness (QED) is 0.827. The van der Waals surface area contributed by atoms with Crippen LogP contribution < -0.4 is 0 Å². The number of ether oxygens (including phenoxy) is 1. The average molecular weight is 259 g/mol. The fraction of sp³-hybridized carbons (Fsp3) is 0.538. The number of hydrogen-bond donors (Lipinski definition) is 0. The van der Waals surface area contributed by atoms with E-state index in [4.69, 9.17) is 4.74 Å². The highest BCUT2D eigenvalue weighted by molar-refractivity contribution is 5.27. The second-order valence-electron chi connectivity index (χ2n) is 4.63. The molecule has 1 saturated heterocycles. The van der Waals surface area contributed by atoms with Crippen molar-refractivity contribution in [3.8, 4) is 0 Å². The molecule has 1 aromatic rings. The third-order valence-electron chi connectivity index (χ3n) is 2.97. The smallest absolute Gasteiger partial charge is 0.270 e. The van der Waals surface area contributed by atoms with Gasteiger partial charge in [-0.2, -0.15) is 0 Å². The molecule has 18 heavy (non-hydrogen) atoms. The monoisotopic (exact) mass is 259 g/mol. The van der Waals surface area contributed by atoms with Gasteiger partial charge in [0.15, 0.2) is 0 Å². The average Bonchev–Trinajstić information content (AvgIpc) is 2.28. The summed E-state index contributed by atoms with van der Waals surface area (Å²) in [5.41, 5.74) is 0.305. The molecule has 1 aromatic carbocycles. The molecule has 100 valence electrons. The Kier molecular flexibility index (Phi) is 3.92. The lowest BCUT2D eigenvalue weighted by Gasteiger charge is -2.27. The van der Waals surface area contributed by atoms with Gasteiger partial charge in [0, 0.05) is 32.1 Å². The minimum atomic E-state index is -3.01. The standard InChI is InChI=1S/C13H16F3NO/c1-13(15,16)11-6-10(7-12(14)8-11)9-17-2-4-18-5-3-17/h6-8H,2-5,9H2,1H3. The minimum Gasteiger partial charge on any atom is -0.379 e. The van der Waals surface area contributed by atoms with Crippen LogP contribution in [-0.2, 0) is 17.2 Å². The number of alkyl halides is 2. The van der Waals surface area contributed by atoms with Crippen molar-refractivity contribution in [1.29, 1.82) is 0 Å². The van der Waals surface area contributed by atoms with E-state index in [1.807, 2.05) is 0 Å². The Morgan fingerprint density at radius 3 is 2.50 bits per heavy atom. The molecule has 0 saturated carbocycles. The van der Waals surface area contributed by atoms with Crippen LogP contribution in [0.4, 0.5) is 13.2 Å². The van der Waals surface area contributed by atoms with E-state index >= 15 is 0 Å². The molecule has 0 spiro atoms. The van der Waals surface area contributed by atoms with Crippen LogP contribution >= 0.6 is 0 Å². The molecule has 0 atom stereocenters. The van der Waals surface area contributed by atoms with Crippen LogP contribution in [0.1, 0.15) is 18.1 Å². The molecule has 2 nitrogen and oxygen atoms in total. The molecule has 0 aromatic heterocycles. The SMILES string of the molecule is CC(F)(F)c1cc(F)cc(CN2CCOCC2)c1. The Labute approximate surface area is 104 Å². The van der Waals surface area contributed by atoms with E-state index in [-0.39, 0.29) is 5.56 Å². The fourth-order valence-corrected chi connectivity index (χ4v) is 2.01. The van der Waals surface area contributed by atoms with E-state index < -0.39 is 11.7 Å². The molecular weight excluding hydrogens is 243 g/mol. The first-order valence-corrected chi connectivity index (χ1v) is 5.93. The molecule has 1 aliphatic heterocycles. The summed E-state index contributed by atoms with van der Waals surface area (Å²) in [4.78, 5) is 2.07. The van der Waals surface area contributed by atoms with Crippen molar-refractivity contribution in [2.24, 2.45) is 0 Å². The van der Waals surface area contributed by atoms with Crippen molar-refractivity contribution < 1.29 is 17.9 Å². The van der Waals surface area contributed by atoms with Gasteiger partial charge < -0.3 is 4.74 Å². The Balaban J connectivity index is 2.14. The lowest BCUT2D eigenvalue weighted by atomic mass is 10.1. The predicted molar refractivity (Wildman–Crippen MR) is 62.1 cm³/mol. The van der Waals surface area contributed by atoms with E-state index in [0.29, 0.717) is 25.3 Å². The highest BCUT2D eigenvalue weighted by atomic mass is 19.3. The molecule has 2 rings (SSSR count). The molecule has 0 radical (unpaired) electrons. The fourth-order valence-electron chi connectivity index (χ4n) is 2.01. The van der Waals surface area contributed by atoms with Crippen molar-refractivity contribution in [3.63, 3.8) is 0 Å². The first-order chi connectivity index (χ1) is 8.45. The molecule has 0 unspecified atom stereocenters. The summed E-state index contributed by atoms with van der Waals surface area (Å²) >= 11 is 0. The maximum atomic E-state index is 13.3. The van der Waals surface area contributed by atoms with Gasteiger partial charge in [0.2, 0.25) is 0 Å². The van der Waals surface area contributed by atoms with Crippen LogP contribution in [0.3, 0.4) is 0 Å². The van der Waals surface area contributed by atoms with E-state index in [1.54, 1.807) is 0 Å². The summed E-state index contributed by atoms with van der Waals surface area (Å²) in [6.45, 7) is 4.01. The largest absolute Gasteiger partial charge is 0.379 e. The van der Waals surface area contributed by atoms with Crippen molar-refractivity contribution in [2.45, 2.75) is 19.4 Å². The van der Waals surface area contributed by atoms with Crippen molar-refractivity contribution in [2.75, 3.05) is 26.3 Å². The Morgan fingerprint density at radius 1 is 1.22 bits per heavy atom. The highest BCUT2D eigenvalue weighted by Gasteiger charge is 2.25. The molecule has 1 heterocycles. The van der Waals surface area contributed by atoms with Gasteiger partial charge >= 0.3 is 0 Å². The molecule has 5 heteroatoms. The summed E-state index contributed by atoms with van der Waals surface area (Å²) in [6.07, 6.45) is 0. The topological polar surface area (TPSA) is 12.5 Å². The molecule has 0 bridgehead atoms. The van der Waals surface area contributed by atoms with E-state index in [9.17, 15) is 13.2 Å². The zero-order chi connectivity index (χ0) is 13.2. The maximum absolute atomic E-state index is 13.3. The van der Waals surface area contributed by atoms with Gasteiger partial charge in [0.05, 0.1) is 13.2 Å². The molecule has 0 aliphatic carbocycles. The zero-order valence-corrected chi connectivity index (χ0v) is 10.3. The Hall–Kier alpha value is -1.07. The first kappa shape index (κ1) is 13.4. The number of morpholine rings is 1. The summed E-state index contributed by atoms with van der Waals surface area (Å²) in [5, 5.41) is 0. The van der Waals surface area contributed by atoms with Gasteiger partial charge in [-0.3, -0.25) is 4.90 Å². The molecule has 0 N–H and O–H groups in total. The van der Waals surface area contributed by atoms with Gasteiger partial charge in [0.25, 0.3) is 5.92 Å². The summed E-state index contributed by atoms with van der Waals surface area (Å²) in [5.74, 6) is -3.63. The van der Waals surface area contributed by atoms with Gasteiger partial charge in [-0.1, -0.05) is 0 Å². The number of nitrogens with zero attached hydrogens (tertiary/aromatic N) is 1. The lowest BCUT2D eigenvalue weighted by Crippen LogP contribution is -2.35. The second kappa shape index (κ2) is 5.28. The van der Waals surface area contributed by atoms with Gasteiger partial charge in [-0.25, -0.2) is 13.2 Å². The minimum absolute atomic E-state index is 0.272. The van der Waals surface area contributed by atoms with Crippen molar-refractivity contribution in [1.82, 2.24) is 4.90 Å². The van der Waals surface area contributed by atoms with Gasteiger partial charge in [0.1, 0.15) is 5.82 Å². The normalized spacial score (nSPS) is 18.0. The predicted octanol–water partition coefficient (Wildman–Crippen LogP) is 2.77. The summed E-state index contributed by atoms with van der Waals surface area (Å²) in [6, 6.07) is 3.58. The molecule has 1 fully saturated rings. The van der Waals surface area contributed by atoms with Gasteiger partial charge in [-0.15, -0.1) is 0 Å². The second-order valence-corrected chi connectivity index (χ2v) is 4.63. The molecule has 1 aliphatic rings. The third kappa shape index (κ3) is 3.46.